The number of nitrogens with two attached hydrogens (primary N) is 1. The molecular weight excluding hydrogens is 340 g/mol. The van der Waals surface area contributed by atoms with Gasteiger partial charge in [0.2, 0.25) is 10.0 Å². The number of nitrogens with zero attached hydrogens (tertiary/aromatic N) is 1. The van der Waals surface area contributed by atoms with Crippen LogP contribution in [-0.2, 0) is 16.6 Å². The third kappa shape index (κ3) is 3.65. The lowest BCUT2D eigenvalue weighted by Crippen LogP contribution is -2.19. The molecule has 1 heterocycles. The molecule has 0 aliphatic carbocycles. The Kier molecular flexibility index (Phi) is 4.47. The number of anilines is 1. The maximum atomic E-state index is 12.6. The first-order valence-electron chi connectivity index (χ1n) is 7.59. The van der Waals surface area contributed by atoms with E-state index in [-0.39, 0.29) is 10.5 Å². The summed E-state index contributed by atoms with van der Waals surface area (Å²) in [6, 6.07) is 15.4. The summed E-state index contributed by atoms with van der Waals surface area (Å²) in [6.45, 7) is 2.15. The number of H-pyrrole nitrogens is 1. The lowest BCUT2D eigenvalue weighted by Gasteiger charge is -2.06. The average Bonchev–Trinajstić information content (AvgIpc) is 2.88. The van der Waals surface area contributed by atoms with Crippen LogP contribution >= 0.6 is 0 Å². The molecule has 3 aromatic rings. The third-order valence-electron chi connectivity index (χ3n) is 3.86. The quantitative estimate of drug-likeness (QED) is 0.645. The highest BCUT2D eigenvalue weighted by atomic mass is 32.2. The zero-order valence-corrected chi connectivity index (χ0v) is 14.4. The first-order chi connectivity index (χ1) is 11.9. The van der Waals surface area contributed by atoms with Crippen molar-refractivity contribution >= 4 is 15.7 Å². The molecule has 0 aliphatic rings. The molecule has 0 amide bonds. The topological polar surface area (TPSA) is 110 Å². The molecule has 25 heavy (non-hydrogen) atoms. The number of hydrogen-bond acceptors (Lipinski definition) is 4. The summed E-state index contributed by atoms with van der Waals surface area (Å²) in [5.74, 6) is 0. The van der Waals surface area contributed by atoms with Crippen LogP contribution < -0.4 is 16.0 Å². The number of sulfonamides is 1. The van der Waals surface area contributed by atoms with Crippen molar-refractivity contribution in [1.29, 1.82) is 0 Å². The minimum Gasteiger partial charge on any atom is -0.381 e. The van der Waals surface area contributed by atoms with E-state index in [9.17, 15) is 13.2 Å². The first-order valence-corrected chi connectivity index (χ1v) is 9.13. The Morgan fingerprint density at radius 1 is 1.08 bits per heavy atom. The van der Waals surface area contributed by atoms with Crippen LogP contribution in [0.25, 0.3) is 5.69 Å². The highest BCUT2D eigenvalue weighted by Gasteiger charge is 2.12. The lowest BCUT2D eigenvalue weighted by molar-refractivity contribution is 0.598. The summed E-state index contributed by atoms with van der Waals surface area (Å²) in [6.07, 6.45) is 0. The summed E-state index contributed by atoms with van der Waals surface area (Å²) >= 11 is 0. The van der Waals surface area contributed by atoms with Gasteiger partial charge in [0, 0.05) is 17.9 Å². The van der Waals surface area contributed by atoms with Crippen molar-refractivity contribution in [3.8, 4) is 5.69 Å². The van der Waals surface area contributed by atoms with Gasteiger partial charge in [0.1, 0.15) is 0 Å². The predicted molar refractivity (Wildman–Crippen MR) is 96.3 cm³/mol. The number of aromatic nitrogens is 2. The average molecular weight is 358 g/mol. The van der Waals surface area contributed by atoms with Crippen LogP contribution in [0, 0.1) is 6.92 Å². The summed E-state index contributed by atoms with van der Waals surface area (Å²) in [7, 11) is -3.71. The molecule has 0 aliphatic heterocycles. The Morgan fingerprint density at radius 2 is 1.72 bits per heavy atom. The third-order valence-corrected chi connectivity index (χ3v) is 4.79. The minimum absolute atomic E-state index is 0.0438. The Balaban J connectivity index is 1.80. The van der Waals surface area contributed by atoms with Crippen molar-refractivity contribution in [2.24, 2.45) is 5.14 Å². The zero-order chi connectivity index (χ0) is 18.0. The van der Waals surface area contributed by atoms with Gasteiger partial charge < -0.3 is 5.32 Å². The SMILES string of the molecule is Cc1[nH]n(-c2ccccc2)c(=O)c1CNc1ccc(S(N)(=O)=O)cc1. The predicted octanol–water partition coefficient (Wildman–Crippen LogP) is 1.73. The fraction of sp³-hybridized carbons (Fsp3) is 0.118. The molecule has 3 rings (SSSR count). The van der Waals surface area contributed by atoms with Gasteiger partial charge in [0.15, 0.2) is 0 Å². The van der Waals surface area contributed by atoms with Crippen LogP contribution in [0.4, 0.5) is 5.69 Å². The highest BCUT2D eigenvalue weighted by molar-refractivity contribution is 7.89. The minimum atomic E-state index is -3.71. The van der Waals surface area contributed by atoms with E-state index >= 15 is 0 Å². The second-order valence-electron chi connectivity index (χ2n) is 5.61. The number of primary sulfonamides is 1. The molecule has 0 spiro atoms. The van der Waals surface area contributed by atoms with Crippen LogP contribution in [0.15, 0.2) is 64.3 Å². The van der Waals surface area contributed by atoms with E-state index in [4.69, 9.17) is 5.14 Å². The van der Waals surface area contributed by atoms with Crippen LogP contribution in [0.5, 0.6) is 0 Å². The van der Waals surface area contributed by atoms with Gasteiger partial charge in [-0.2, -0.15) is 0 Å². The van der Waals surface area contributed by atoms with E-state index in [0.29, 0.717) is 17.8 Å². The van der Waals surface area contributed by atoms with E-state index in [0.717, 1.165) is 11.4 Å². The molecular formula is C17H18N4O3S. The number of nitrogens with one attached hydrogen (secondary N) is 2. The normalized spacial score (nSPS) is 11.4. The molecule has 0 saturated carbocycles. The highest BCUT2D eigenvalue weighted by Crippen LogP contribution is 2.14. The van der Waals surface area contributed by atoms with Crippen LogP contribution in [-0.4, -0.2) is 18.2 Å². The van der Waals surface area contributed by atoms with Gasteiger partial charge in [-0.3, -0.25) is 9.89 Å². The van der Waals surface area contributed by atoms with Gasteiger partial charge in [0.25, 0.3) is 5.56 Å². The van der Waals surface area contributed by atoms with E-state index in [1.165, 1.54) is 16.8 Å². The second kappa shape index (κ2) is 6.58. The van der Waals surface area contributed by atoms with E-state index in [1.807, 2.05) is 37.3 Å². The van der Waals surface area contributed by atoms with Gasteiger partial charge in [-0.1, -0.05) is 18.2 Å². The number of aromatic amines is 1. The van der Waals surface area contributed by atoms with Crippen molar-refractivity contribution < 1.29 is 8.42 Å². The number of para-hydroxylation sites is 1. The molecule has 0 bridgehead atoms. The summed E-state index contributed by atoms with van der Waals surface area (Å²) in [4.78, 5) is 12.6. The molecule has 7 nitrogen and oxygen atoms in total. The van der Waals surface area contributed by atoms with Crippen molar-refractivity contribution in [2.75, 3.05) is 5.32 Å². The number of benzene rings is 2. The fourth-order valence-corrected chi connectivity index (χ4v) is 3.02. The first kappa shape index (κ1) is 17.0. The molecule has 4 N–H and O–H groups in total. The molecule has 0 saturated heterocycles. The molecule has 130 valence electrons. The lowest BCUT2D eigenvalue weighted by atomic mass is 10.2. The van der Waals surface area contributed by atoms with Crippen molar-refractivity contribution in [1.82, 2.24) is 9.78 Å². The van der Waals surface area contributed by atoms with Gasteiger partial charge in [-0.05, 0) is 43.3 Å². The monoisotopic (exact) mass is 358 g/mol. The largest absolute Gasteiger partial charge is 0.381 e. The fourth-order valence-electron chi connectivity index (χ4n) is 2.50. The molecule has 8 heteroatoms. The molecule has 1 aromatic heterocycles. The maximum Gasteiger partial charge on any atom is 0.276 e. The zero-order valence-electron chi connectivity index (χ0n) is 13.6. The number of hydrogen-bond donors (Lipinski definition) is 3. The Labute approximate surface area is 145 Å². The summed E-state index contributed by atoms with van der Waals surface area (Å²) in [5, 5.41) is 11.3. The Bertz CT molecular complexity index is 1040. The Morgan fingerprint density at radius 3 is 2.32 bits per heavy atom. The molecule has 2 aromatic carbocycles. The van der Waals surface area contributed by atoms with Crippen molar-refractivity contribution in [3.63, 3.8) is 0 Å². The van der Waals surface area contributed by atoms with Crippen LogP contribution in [0.1, 0.15) is 11.3 Å². The Hall–Kier alpha value is -2.84. The molecule has 0 unspecified atom stereocenters. The van der Waals surface area contributed by atoms with Crippen LogP contribution in [0.3, 0.4) is 0 Å². The number of aryl methyl sites for hydroxylation is 1. The van der Waals surface area contributed by atoms with Gasteiger partial charge in [-0.15, -0.1) is 0 Å². The van der Waals surface area contributed by atoms with Crippen molar-refractivity contribution in [3.05, 3.63) is 76.2 Å². The maximum absolute atomic E-state index is 12.6. The van der Waals surface area contributed by atoms with E-state index in [2.05, 4.69) is 10.4 Å². The smallest absolute Gasteiger partial charge is 0.276 e. The van der Waals surface area contributed by atoms with Gasteiger partial charge in [-0.25, -0.2) is 18.2 Å². The van der Waals surface area contributed by atoms with E-state index < -0.39 is 10.0 Å². The van der Waals surface area contributed by atoms with Crippen molar-refractivity contribution in [2.45, 2.75) is 18.4 Å². The van der Waals surface area contributed by atoms with Crippen LogP contribution in [0.2, 0.25) is 0 Å². The van der Waals surface area contributed by atoms with Gasteiger partial charge >= 0.3 is 0 Å². The standard InChI is InChI=1S/C17H18N4O3S/c1-12-16(17(22)21(20-12)14-5-3-2-4-6-14)11-19-13-7-9-15(10-8-13)25(18,23)24/h2-10,19-20H,11H2,1H3,(H2,18,23,24). The van der Waals surface area contributed by atoms with Gasteiger partial charge in [0.05, 0.1) is 16.1 Å². The van der Waals surface area contributed by atoms with E-state index in [1.54, 1.807) is 12.1 Å². The molecule has 0 radical (unpaired) electrons. The summed E-state index contributed by atoms with van der Waals surface area (Å²) in [5.41, 5.74) is 2.71. The molecule has 0 atom stereocenters. The molecule has 0 fully saturated rings. The second-order valence-corrected chi connectivity index (χ2v) is 7.18. The number of rotatable bonds is 5. The summed E-state index contributed by atoms with van der Waals surface area (Å²) < 4.78 is 24.0.